The molecule has 2 atom stereocenters. The van der Waals surface area contributed by atoms with Crippen LogP contribution in [0.2, 0.25) is 0 Å². The van der Waals surface area contributed by atoms with E-state index < -0.39 is 0 Å². The zero-order valence-electron chi connectivity index (χ0n) is 12.8. The Bertz CT molecular complexity index is 638. The van der Waals surface area contributed by atoms with Crippen LogP contribution in [-0.2, 0) is 4.79 Å². The van der Waals surface area contributed by atoms with E-state index in [1.54, 1.807) is 0 Å². The summed E-state index contributed by atoms with van der Waals surface area (Å²) in [5.74, 6) is 0.755. The Morgan fingerprint density at radius 1 is 1.38 bits per heavy atom. The van der Waals surface area contributed by atoms with Gasteiger partial charge >= 0.3 is 0 Å². The van der Waals surface area contributed by atoms with Crippen molar-refractivity contribution in [1.82, 2.24) is 4.98 Å². The summed E-state index contributed by atoms with van der Waals surface area (Å²) in [6.45, 7) is 8.43. The van der Waals surface area contributed by atoms with Crippen LogP contribution in [0, 0.1) is 5.92 Å². The Morgan fingerprint density at radius 2 is 2.10 bits per heavy atom. The number of fused-ring (bicyclic) bond motifs is 1. The summed E-state index contributed by atoms with van der Waals surface area (Å²) in [5.41, 5.74) is 2.27. The molecule has 1 N–H and O–H groups in total. The predicted octanol–water partition coefficient (Wildman–Crippen LogP) is 5.17. The molecule has 1 aromatic heterocycles. The Kier molecular flexibility index (Phi) is 5.38. The number of hydrogen-bond donors (Lipinski definition) is 1. The molecule has 1 amide bonds. The molecule has 5 heteroatoms. The number of thiazole rings is 1. The van der Waals surface area contributed by atoms with Crippen molar-refractivity contribution in [3.63, 3.8) is 0 Å². The van der Waals surface area contributed by atoms with Crippen molar-refractivity contribution in [3.05, 3.63) is 23.8 Å². The maximum Gasteiger partial charge on any atom is 0.240 e. The van der Waals surface area contributed by atoms with E-state index in [1.807, 2.05) is 19.9 Å². The SMILES string of the molecule is CC[C@H](C)c1ccc2nc(NC(=O)[C@@H](Br)C(C)C)sc2c1. The summed E-state index contributed by atoms with van der Waals surface area (Å²) in [6.07, 6.45) is 1.12. The third kappa shape index (κ3) is 3.83. The van der Waals surface area contributed by atoms with Gasteiger partial charge in [-0.3, -0.25) is 4.79 Å². The summed E-state index contributed by atoms with van der Waals surface area (Å²) in [6, 6.07) is 6.35. The first-order valence-corrected chi connectivity index (χ1v) is 9.01. The largest absolute Gasteiger partial charge is 0.301 e. The molecule has 2 rings (SSSR count). The Balaban J connectivity index is 2.21. The zero-order chi connectivity index (χ0) is 15.6. The highest BCUT2D eigenvalue weighted by Crippen LogP contribution is 2.30. The lowest BCUT2D eigenvalue weighted by atomic mass is 9.99. The van der Waals surface area contributed by atoms with E-state index in [2.05, 4.69) is 52.2 Å². The van der Waals surface area contributed by atoms with Crippen molar-refractivity contribution < 1.29 is 4.79 Å². The first-order chi connectivity index (χ1) is 9.92. The normalized spacial score (nSPS) is 14.4. The number of anilines is 1. The summed E-state index contributed by atoms with van der Waals surface area (Å²) in [7, 11) is 0. The van der Waals surface area contributed by atoms with Crippen molar-refractivity contribution in [2.45, 2.75) is 44.9 Å². The van der Waals surface area contributed by atoms with Gasteiger partial charge in [-0.2, -0.15) is 0 Å². The lowest BCUT2D eigenvalue weighted by molar-refractivity contribution is -0.116. The molecule has 0 radical (unpaired) electrons. The number of nitrogens with one attached hydrogen (secondary N) is 1. The number of rotatable bonds is 5. The van der Waals surface area contributed by atoms with Gasteiger partial charge in [0.15, 0.2) is 5.13 Å². The molecule has 0 saturated heterocycles. The van der Waals surface area contributed by atoms with Gasteiger partial charge in [0.2, 0.25) is 5.91 Å². The Morgan fingerprint density at radius 3 is 2.71 bits per heavy atom. The monoisotopic (exact) mass is 368 g/mol. The second-order valence-corrected chi connectivity index (χ2v) is 7.71. The quantitative estimate of drug-likeness (QED) is 0.739. The van der Waals surface area contributed by atoms with Crippen LogP contribution in [0.1, 0.15) is 45.6 Å². The fourth-order valence-electron chi connectivity index (χ4n) is 2.01. The number of carbonyl (C=O) groups is 1. The zero-order valence-corrected chi connectivity index (χ0v) is 15.2. The average molecular weight is 369 g/mol. The molecule has 1 aromatic carbocycles. The van der Waals surface area contributed by atoms with Gasteiger partial charge in [0.25, 0.3) is 0 Å². The number of halogens is 1. The van der Waals surface area contributed by atoms with Crippen molar-refractivity contribution in [2.75, 3.05) is 5.32 Å². The smallest absolute Gasteiger partial charge is 0.240 e. The highest BCUT2D eigenvalue weighted by atomic mass is 79.9. The first-order valence-electron chi connectivity index (χ1n) is 7.27. The molecular weight excluding hydrogens is 348 g/mol. The van der Waals surface area contributed by atoms with Gasteiger partial charge in [-0.05, 0) is 36.0 Å². The van der Waals surface area contributed by atoms with Gasteiger partial charge in [-0.1, -0.05) is 61.0 Å². The lowest BCUT2D eigenvalue weighted by Crippen LogP contribution is -2.26. The van der Waals surface area contributed by atoms with Gasteiger partial charge in [-0.25, -0.2) is 4.98 Å². The van der Waals surface area contributed by atoms with Gasteiger partial charge < -0.3 is 5.32 Å². The number of benzene rings is 1. The van der Waals surface area contributed by atoms with Gasteiger partial charge in [-0.15, -0.1) is 0 Å². The number of amides is 1. The maximum atomic E-state index is 12.1. The number of aromatic nitrogens is 1. The topological polar surface area (TPSA) is 42.0 Å². The minimum atomic E-state index is -0.194. The predicted molar refractivity (Wildman–Crippen MR) is 94.5 cm³/mol. The van der Waals surface area contributed by atoms with Crippen molar-refractivity contribution in [2.24, 2.45) is 5.92 Å². The lowest BCUT2D eigenvalue weighted by Gasteiger charge is -2.11. The van der Waals surface area contributed by atoms with E-state index in [-0.39, 0.29) is 16.7 Å². The van der Waals surface area contributed by atoms with E-state index >= 15 is 0 Å². The molecule has 1 heterocycles. The van der Waals surface area contributed by atoms with Crippen molar-refractivity contribution in [1.29, 1.82) is 0 Å². The molecule has 0 bridgehead atoms. The third-order valence-corrected chi connectivity index (χ3v) is 6.07. The summed E-state index contributed by atoms with van der Waals surface area (Å²) in [4.78, 5) is 16.4. The average Bonchev–Trinajstić information content (AvgIpc) is 2.86. The van der Waals surface area contributed by atoms with Crippen LogP contribution < -0.4 is 5.32 Å². The molecule has 0 aliphatic carbocycles. The van der Waals surface area contributed by atoms with E-state index in [0.717, 1.165) is 16.6 Å². The molecule has 0 fully saturated rings. The molecule has 21 heavy (non-hydrogen) atoms. The highest BCUT2D eigenvalue weighted by molar-refractivity contribution is 9.10. The minimum absolute atomic E-state index is 0.0359. The van der Waals surface area contributed by atoms with Crippen LogP contribution in [0.5, 0.6) is 0 Å². The van der Waals surface area contributed by atoms with Crippen molar-refractivity contribution >= 4 is 48.5 Å². The fourth-order valence-corrected chi connectivity index (χ4v) is 3.05. The minimum Gasteiger partial charge on any atom is -0.301 e. The fraction of sp³-hybridized carbons (Fsp3) is 0.500. The number of alkyl halides is 1. The van der Waals surface area contributed by atoms with E-state index in [9.17, 15) is 4.79 Å². The molecule has 114 valence electrons. The van der Waals surface area contributed by atoms with E-state index in [1.165, 1.54) is 16.9 Å². The maximum absolute atomic E-state index is 12.1. The summed E-state index contributed by atoms with van der Waals surface area (Å²) < 4.78 is 1.12. The van der Waals surface area contributed by atoms with Gasteiger partial charge in [0, 0.05) is 0 Å². The van der Waals surface area contributed by atoms with Gasteiger partial charge in [0.05, 0.1) is 15.0 Å². The van der Waals surface area contributed by atoms with Crippen molar-refractivity contribution in [3.8, 4) is 0 Å². The Labute approximate surface area is 138 Å². The second-order valence-electron chi connectivity index (χ2n) is 5.69. The van der Waals surface area contributed by atoms with Crippen LogP contribution in [-0.4, -0.2) is 15.7 Å². The molecule has 0 aliphatic heterocycles. The number of carbonyl (C=O) groups excluding carboxylic acids is 1. The van der Waals surface area contributed by atoms with E-state index in [0.29, 0.717) is 11.0 Å². The number of hydrogen-bond acceptors (Lipinski definition) is 3. The molecule has 0 saturated carbocycles. The van der Waals surface area contributed by atoms with E-state index in [4.69, 9.17) is 0 Å². The van der Waals surface area contributed by atoms with Crippen LogP contribution in [0.3, 0.4) is 0 Å². The molecule has 0 unspecified atom stereocenters. The standard InChI is InChI=1S/C16H21BrN2OS/c1-5-10(4)11-6-7-12-13(8-11)21-16(18-12)19-15(20)14(17)9(2)3/h6-10,14H,5H2,1-4H3,(H,18,19,20)/t10-,14-/m0/s1. The van der Waals surface area contributed by atoms with Gasteiger partial charge in [0.1, 0.15) is 0 Å². The Hall–Kier alpha value is -0.940. The molecule has 3 nitrogen and oxygen atoms in total. The first kappa shape index (κ1) is 16.4. The third-order valence-electron chi connectivity index (χ3n) is 3.66. The van der Waals surface area contributed by atoms with Crippen LogP contribution in [0.4, 0.5) is 5.13 Å². The second kappa shape index (κ2) is 6.88. The summed E-state index contributed by atoms with van der Waals surface area (Å²) >= 11 is 4.95. The molecular formula is C16H21BrN2OS. The summed E-state index contributed by atoms with van der Waals surface area (Å²) in [5, 5.41) is 3.56. The van der Waals surface area contributed by atoms with Crippen LogP contribution in [0.15, 0.2) is 18.2 Å². The molecule has 2 aromatic rings. The number of nitrogens with zero attached hydrogens (tertiary/aromatic N) is 1. The van der Waals surface area contributed by atoms with Crippen LogP contribution >= 0.6 is 27.3 Å². The van der Waals surface area contributed by atoms with Crippen LogP contribution in [0.25, 0.3) is 10.2 Å². The molecule has 0 aliphatic rings. The highest BCUT2D eigenvalue weighted by Gasteiger charge is 2.20. The molecule has 0 spiro atoms.